The van der Waals surface area contributed by atoms with Crippen LogP contribution in [-0.4, -0.2) is 51.6 Å². The van der Waals surface area contributed by atoms with Crippen LogP contribution in [0.1, 0.15) is 16.7 Å². The van der Waals surface area contributed by atoms with Gasteiger partial charge in [0.2, 0.25) is 0 Å². The number of hydrogen-bond acceptors (Lipinski definition) is 5. The molecule has 0 N–H and O–H groups in total. The maximum absolute atomic E-state index is 10.4. The molecule has 1 heterocycles. The Morgan fingerprint density at radius 3 is 2.15 bits per heavy atom. The Hall–Kier alpha value is -2.38. The van der Waals surface area contributed by atoms with Crippen molar-refractivity contribution in [2.75, 3.05) is 27.8 Å². The summed E-state index contributed by atoms with van der Waals surface area (Å²) in [6.07, 6.45) is 3.20. The third-order valence-electron chi connectivity index (χ3n) is 4.05. The predicted molar refractivity (Wildman–Crippen MR) is 98.6 cm³/mol. The molecule has 0 unspecified atom stereocenters. The van der Waals surface area contributed by atoms with Crippen molar-refractivity contribution in [1.29, 1.82) is 0 Å². The number of hydrogen-bond donors (Lipinski definition) is 0. The Labute approximate surface area is 154 Å². The zero-order chi connectivity index (χ0) is 19.3. The second-order valence-corrected chi connectivity index (χ2v) is 7.41. The number of nitrogens with zero attached hydrogens (tertiary/aromatic N) is 1. The first-order valence-electron chi connectivity index (χ1n) is 8.07. The Bertz CT molecular complexity index is 902. The molecule has 0 saturated heterocycles. The molecule has 1 aliphatic rings. The van der Waals surface area contributed by atoms with Crippen LogP contribution in [0.2, 0.25) is 0 Å². The van der Waals surface area contributed by atoms with Crippen LogP contribution >= 0.6 is 0 Å². The van der Waals surface area contributed by atoms with Gasteiger partial charge in [-0.15, -0.1) is 0 Å². The zero-order valence-electron chi connectivity index (χ0n) is 15.4. The average molecular weight is 377 g/mol. The van der Waals surface area contributed by atoms with Crippen LogP contribution in [0, 0.1) is 6.92 Å². The highest BCUT2D eigenvalue weighted by Gasteiger charge is 2.16. The highest BCUT2D eigenvalue weighted by atomic mass is 32.2. The minimum atomic E-state index is -4.27. The van der Waals surface area contributed by atoms with Crippen molar-refractivity contribution in [2.45, 2.75) is 18.2 Å². The molecule has 0 bridgehead atoms. The quantitative estimate of drug-likeness (QED) is 0.605. The molecular formula is C19H23NO5S. The molecule has 0 aliphatic carbocycles. The second kappa shape index (κ2) is 8.33. The van der Waals surface area contributed by atoms with Crippen molar-refractivity contribution in [3.63, 3.8) is 0 Å². The van der Waals surface area contributed by atoms with Gasteiger partial charge in [-0.2, -0.15) is 0 Å². The van der Waals surface area contributed by atoms with E-state index in [0.29, 0.717) is 0 Å². The van der Waals surface area contributed by atoms with Gasteiger partial charge in [-0.25, -0.2) is 13.0 Å². The van der Waals surface area contributed by atoms with Crippen molar-refractivity contribution >= 4 is 16.3 Å². The van der Waals surface area contributed by atoms with Gasteiger partial charge in [0.1, 0.15) is 23.7 Å². The van der Waals surface area contributed by atoms with E-state index in [-0.39, 0.29) is 4.90 Å². The monoisotopic (exact) mass is 377 g/mol. The minimum absolute atomic E-state index is 0.178. The van der Waals surface area contributed by atoms with Gasteiger partial charge in [0, 0.05) is 12.0 Å². The SMILES string of the molecule is COc1cc2c(cc1OC)CC[N+](C)=C2.Cc1ccc(S(=O)(=O)[O-])cc1. The van der Waals surface area contributed by atoms with E-state index < -0.39 is 10.1 Å². The Morgan fingerprint density at radius 1 is 1.04 bits per heavy atom. The van der Waals surface area contributed by atoms with Crippen LogP contribution in [-0.2, 0) is 16.5 Å². The molecule has 7 heteroatoms. The fraction of sp³-hybridized carbons (Fsp3) is 0.316. The van der Waals surface area contributed by atoms with Crippen molar-refractivity contribution in [3.05, 3.63) is 53.1 Å². The van der Waals surface area contributed by atoms with Gasteiger partial charge in [-0.05, 0) is 36.8 Å². The van der Waals surface area contributed by atoms with Crippen LogP contribution in [0.3, 0.4) is 0 Å². The molecule has 3 rings (SSSR count). The lowest BCUT2D eigenvalue weighted by molar-refractivity contribution is -0.493. The maximum atomic E-state index is 10.4. The normalized spacial score (nSPS) is 13.0. The predicted octanol–water partition coefficient (Wildman–Crippen LogP) is 2.22. The van der Waals surface area contributed by atoms with E-state index in [9.17, 15) is 13.0 Å². The second-order valence-electron chi connectivity index (χ2n) is 6.03. The lowest BCUT2D eigenvalue weighted by atomic mass is 10.0. The molecule has 0 radical (unpaired) electrons. The molecule has 0 amide bonds. The fourth-order valence-corrected chi connectivity index (χ4v) is 3.05. The molecule has 0 saturated carbocycles. The maximum Gasteiger partial charge on any atom is 0.170 e. The summed E-state index contributed by atoms with van der Waals surface area (Å²) in [6.45, 7) is 2.88. The summed E-state index contributed by atoms with van der Waals surface area (Å²) in [7, 11) is 1.15. The lowest BCUT2D eigenvalue weighted by Gasteiger charge is -2.14. The molecule has 2 aromatic rings. The standard InChI is InChI=1S/C12H16NO2.C7H8O3S/c1-13-5-4-9-6-11(14-2)12(15-3)7-10(9)8-13;1-6-2-4-7(5-3-6)11(8,9)10/h6-8H,4-5H2,1-3H3;2-5H,1H3,(H,8,9,10)/q+1;/p-1. The van der Waals surface area contributed by atoms with Crippen molar-refractivity contribution in [3.8, 4) is 11.5 Å². The molecule has 0 atom stereocenters. The average Bonchev–Trinajstić information content (AvgIpc) is 2.60. The van der Waals surface area contributed by atoms with Gasteiger partial charge < -0.3 is 14.0 Å². The first-order chi connectivity index (χ1) is 12.2. The van der Waals surface area contributed by atoms with Crippen LogP contribution in [0.25, 0.3) is 0 Å². The summed E-state index contributed by atoms with van der Waals surface area (Å²) >= 11 is 0. The van der Waals surface area contributed by atoms with Gasteiger partial charge in [0.05, 0.1) is 19.1 Å². The van der Waals surface area contributed by atoms with Gasteiger partial charge >= 0.3 is 0 Å². The van der Waals surface area contributed by atoms with Crippen molar-refractivity contribution < 1.29 is 27.0 Å². The zero-order valence-corrected chi connectivity index (χ0v) is 16.2. The summed E-state index contributed by atoms with van der Waals surface area (Å²) in [5.41, 5.74) is 3.48. The topological polar surface area (TPSA) is 78.7 Å². The van der Waals surface area contributed by atoms with E-state index >= 15 is 0 Å². The Morgan fingerprint density at radius 2 is 1.62 bits per heavy atom. The Kier molecular flexibility index (Phi) is 6.39. The third kappa shape index (κ3) is 5.06. The summed E-state index contributed by atoms with van der Waals surface area (Å²) in [5.74, 6) is 1.61. The van der Waals surface area contributed by atoms with E-state index in [1.54, 1.807) is 26.4 Å². The first kappa shape index (κ1) is 19.9. The molecule has 6 nitrogen and oxygen atoms in total. The molecule has 1 aliphatic heterocycles. The molecular weight excluding hydrogens is 354 g/mol. The summed E-state index contributed by atoms with van der Waals surface area (Å²) in [6, 6.07) is 9.88. The van der Waals surface area contributed by atoms with E-state index in [4.69, 9.17) is 9.47 Å². The highest BCUT2D eigenvalue weighted by Crippen LogP contribution is 2.30. The highest BCUT2D eigenvalue weighted by molar-refractivity contribution is 7.85. The molecule has 0 spiro atoms. The lowest BCUT2D eigenvalue weighted by Crippen LogP contribution is -2.18. The van der Waals surface area contributed by atoms with Crippen molar-refractivity contribution in [2.24, 2.45) is 0 Å². The van der Waals surface area contributed by atoms with Crippen LogP contribution in [0.5, 0.6) is 11.5 Å². The van der Waals surface area contributed by atoms with Crippen LogP contribution in [0.15, 0.2) is 41.3 Å². The van der Waals surface area contributed by atoms with Gasteiger partial charge in [0.25, 0.3) is 0 Å². The minimum Gasteiger partial charge on any atom is -0.744 e. The van der Waals surface area contributed by atoms with Gasteiger partial charge in [-0.3, -0.25) is 0 Å². The molecule has 140 valence electrons. The molecule has 0 fully saturated rings. The van der Waals surface area contributed by atoms with Crippen LogP contribution in [0.4, 0.5) is 0 Å². The number of rotatable bonds is 3. The summed E-state index contributed by atoms with van der Waals surface area (Å²) in [4.78, 5) is -0.178. The number of likely N-dealkylation sites (N-methyl/N-ethyl adjacent to an activating group) is 1. The van der Waals surface area contributed by atoms with E-state index in [0.717, 1.165) is 30.0 Å². The summed E-state index contributed by atoms with van der Waals surface area (Å²) in [5, 5.41) is 0. The van der Waals surface area contributed by atoms with Crippen molar-refractivity contribution in [1.82, 2.24) is 0 Å². The van der Waals surface area contributed by atoms with Crippen LogP contribution < -0.4 is 9.47 Å². The fourth-order valence-electron chi connectivity index (χ4n) is 2.58. The number of ether oxygens (including phenoxy) is 2. The molecule has 0 aromatic heterocycles. The Balaban J connectivity index is 0.000000197. The van der Waals surface area contributed by atoms with E-state index in [1.807, 2.05) is 13.0 Å². The van der Waals surface area contributed by atoms with Gasteiger partial charge in [-0.1, -0.05) is 17.7 Å². The number of benzene rings is 2. The smallest absolute Gasteiger partial charge is 0.170 e. The largest absolute Gasteiger partial charge is 0.744 e. The van der Waals surface area contributed by atoms with E-state index in [2.05, 4.69) is 23.9 Å². The van der Waals surface area contributed by atoms with Gasteiger partial charge in [0.15, 0.2) is 17.7 Å². The summed E-state index contributed by atoms with van der Waals surface area (Å²) < 4.78 is 43.9. The number of aryl methyl sites for hydroxylation is 1. The number of fused-ring (bicyclic) bond motifs is 1. The molecule has 26 heavy (non-hydrogen) atoms. The molecule has 2 aromatic carbocycles. The number of methoxy groups -OCH3 is 2. The first-order valence-corrected chi connectivity index (χ1v) is 9.48. The third-order valence-corrected chi connectivity index (χ3v) is 4.90. The van der Waals surface area contributed by atoms with E-state index in [1.165, 1.54) is 23.3 Å².